The molecule has 0 fully saturated rings. The Hall–Kier alpha value is -3.12. The van der Waals surface area contributed by atoms with Crippen molar-refractivity contribution in [3.8, 4) is 22.6 Å². The van der Waals surface area contributed by atoms with Crippen molar-refractivity contribution in [1.82, 2.24) is 14.9 Å². The third-order valence-corrected chi connectivity index (χ3v) is 4.83. The van der Waals surface area contributed by atoms with Gasteiger partial charge in [0, 0.05) is 30.2 Å². The maximum Gasteiger partial charge on any atom is 0.227 e. The molecule has 0 saturated heterocycles. The van der Waals surface area contributed by atoms with Gasteiger partial charge in [-0.15, -0.1) is 0 Å². The number of anilines is 2. The molecular formula is C24H30N4O2. The van der Waals surface area contributed by atoms with Gasteiger partial charge in [0.05, 0.1) is 6.61 Å². The maximum absolute atomic E-state index is 5.82. The van der Waals surface area contributed by atoms with Crippen LogP contribution in [-0.2, 0) is 0 Å². The average molecular weight is 407 g/mol. The van der Waals surface area contributed by atoms with Crippen LogP contribution < -0.4 is 14.8 Å². The van der Waals surface area contributed by atoms with E-state index in [-0.39, 0.29) is 0 Å². The number of likely N-dealkylation sites (N-methyl/N-ethyl adjacent to an activating group) is 1. The second kappa shape index (κ2) is 11.2. The van der Waals surface area contributed by atoms with E-state index in [0.29, 0.717) is 19.2 Å². The normalized spacial score (nSPS) is 10.8. The van der Waals surface area contributed by atoms with Crippen molar-refractivity contribution in [3.63, 3.8) is 0 Å². The summed E-state index contributed by atoms with van der Waals surface area (Å²) in [7, 11) is 0. The Morgan fingerprint density at radius 3 is 1.97 bits per heavy atom. The van der Waals surface area contributed by atoms with Gasteiger partial charge in [-0.3, -0.25) is 0 Å². The zero-order valence-electron chi connectivity index (χ0n) is 18.0. The van der Waals surface area contributed by atoms with Gasteiger partial charge in [-0.05, 0) is 62.0 Å². The number of nitrogens with one attached hydrogen (secondary N) is 1. The number of rotatable bonds is 11. The van der Waals surface area contributed by atoms with E-state index in [4.69, 9.17) is 9.47 Å². The van der Waals surface area contributed by atoms with Crippen LogP contribution in [0.3, 0.4) is 0 Å². The van der Waals surface area contributed by atoms with Crippen molar-refractivity contribution < 1.29 is 9.47 Å². The summed E-state index contributed by atoms with van der Waals surface area (Å²) >= 11 is 0. The van der Waals surface area contributed by atoms with Crippen molar-refractivity contribution in [3.05, 3.63) is 60.9 Å². The minimum Gasteiger partial charge on any atom is -0.494 e. The van der Waals surface area contributed by atoms with Crippen molar-refractivity contribution in [2.24, 2.45) is 0 Å². The van der Waals surface area contributed by atoms with E-state index < -0.39 is 0 Å². The minimum absolute atomic E-state index is 0.555. The van der Waals surface area contributed by atoms with E-state index >= 15 is 0 Å². The fraction of sp³-hybridized carbons (Fsp3) is 0.333. The number of hydrogen-bond donors (Lipinski definition) is 1. The monoisotopic (exact) mass is 406 g/mol. The second-order valence-electron chi connectivity index (χ2n) is 6.78. The van der Waals surface area contributed by atoms with Gasteiger partial charge in [0.15, 0.2) is 0 Å². The molecule has 0 aliphatic heterocycles. The van der Waals surface area contributed by atoms with Gasteiger partial charge in [0.25, 0.3) is 0 Å². The Kier molecular flexibility index (Phi) is 8.03. The fourth-order valence-electron chi connectivity index (χ4n) is 3.05. The van der Waals surface area contributed by atoms with E-state index in [1.807, 2.05) is 67.8 Å². The topological polar surface area (TPSA) is 59.5 Å². The van der Waals surface area contributed by atoms with E-state index in [1.165, 1.54) is 0 Å². The molecule has 0 saturated carbocycles. The van der Waals surface area contributed by atoms with Crippen LogP contribution in [0.15, 0.2) is 60.9 Å². The molecule has 6 nitrogen and oxygen atoms in total. The van der Waals surface area contributed by atoms with E-state index in [0.717, 1.165) is 47.9 Å². The van der Waals surface area contributed by atoms with Crippen LogP contribution in [0.5, 0.6) is 11.5 Å². The Labute approximate surface area is 178 Å². The van der Waals surface area contributed by atoms with Crippen molar-refractivity contribution in [1.29, 1.82) is 0 Å². The van der Waals surface area contributed by atoms with Crippen LogP contribution in [-0.4, -0.2) is 47.7 Å². The van der Waals surface area contributed by atoms with Gasteiger partial charge < -0.3 is 19.7 Å². The molecule has 0 amide bonds. The molecule has 2 aromatic carbocycles. The summed E-state index contributed by atoms with van der Waals surface area (Å²) in [6, 6.07) is 15.8. The summed E-state index contributed by atoms with van der Waals surface area (Å²) in [5, 5.41) is 3.22. The van der Waals surface area contributed by atoms with Crippen LogP contribution in [0.25, 0.3) is 11.1 Å². The maximum atomic E-state index is 5.82. The van der Waals surface area contributed by atoms with Gasteiger partial charge in [-0.25, -0.2) is 9.97 Å². The lowest BCUT2D eigenvalue weighted by Gasteiger charge is -2.18. The molecule has 6 heteroatoms. The third-order valence-electron chi connectivity index (χ3n) is 4.83. The summed E-state index contributed by atoms with van der Waals surface area (Å²) in [6.45, 7) is 10.7. The second-order valence-corrected chi connectivity index (χ2v) is 6.78. The number of ether oxygens (including phenoxy) is 2. The zero-order valence-corrected chi connectivity index (χ0v) is 18.0. The molecule has 1 aromatic heterocycles. The van der Waals surface area contributed by atoms with Crippen molar-refractivity contribution in [2.75, 3.05) is 38.2 Å². The first-order valence-corrected chi connectivity index (χ1v) is 10.5. The predicted molar refractivity (Wildman–Crippen MR) is 122 cm³/mol. The first-order chi connectivity index (χ1) is 14.7. The molecule has 0 atom stereocenters. The average Bonchev–Trinajstić information content (AvgIpc) is 2.79. The first-order valence-electron chi connectivity index (χ1n) is 10.5. The molecule has 0 radical (unpaired) electrons. The molecule has 1 N–H and O–H groups in total. The Balaban J connectivity index is 1.53. The zero-order chi connectivity index (χ0) is 21.2. The standard InChI is InChI=1S/C24H30N4O2/c1-4-28(5-2)15-16-30-23-13-9-21(10-14-23)27-24-25-17-20(18-26-24)19-7-11-22(12-8-19)29-6-3/h7-14,17-18H,4-6,15-16H2,1-3H3,(H,25,26,27). The van der Waals surface area contributed by atoms with Gasteiger partial charge in [0.2, 0.25) is 5.95 Å². The fourth-order valence-corrected chi connectivity index (χ4v) is 3.05. The molecule has 30 heavy (non-hydrogen) atoms. The number of aromatic nitrogens is 2. The SMILES string of the molecule is CCOc1ccc(-c2cnc(Nc3ccc(OCCN(CC)CC)cc3)nc2)cc1. The highest BCUT2D eigenvalue weighted by atomic mass is 16.5. The van der Waals surface area contributed by atoms with Gasteiger partial charge in [-0.1, -0.05) is 26.0 Å². The highest BCUT2D eigenvalue weighted by molar-refractivity contribution is 5.63. The summed E-state index contributed by atoms with van der Waals surface area (Å²) < 4.78 is 11.3. The number of hydrogen-bond acceptors (Lipinski definition) is 6. The Morgan fingerprint density at radius 1 is 0.767 bits per heavy atom. The quantitative estimate of drug-likeness (QED) is 0.483. The van der Waals surface area contributed by atoms with Gasteiger partial charge in [0.1, 0.15) is 18.1 Å². The third kappa shape index (κ3) is 6.19. The van der Waals surface area contributed by atoms with Crippen LogP contribution >= 0.6 is 0 Å². The summed E-state index contributed by atoms with van der Waals surface area (Å²) in [5.41, 5.74) is 2.93. The van der Waals surface area contributed by atoms with Crippen LogP contribution in [0.2, 0.25) is 0 Å². The first kappa shape index (κ1) is 21.6. The van der Waals surface area contributed by atoms with Crippen molar-refractivity contribution >= 4 is 11.6 Å². The molecule has 3 rings (SSSR count). The van der Waals surface area contributed by atoms with Crippen molar-refractivity contribution in [2.45, 2.75) is 20.8 Å². The van der Waals surface area contributed by atoms with Gasteiger partial charge >= 0.3 is 0 Å². The molecular weight excluding hydrogens is 376 g/mol. The Bertz CT molecular complexity index is 877. The van der Waals surface area contributed by atoms with E-state index in [1.54, 1.807) is 0 Å². The lowest BCUT2D eigenvalue weighted by molar-refractivity contribution is 0.223. The molecule has 0 bridgehead atoms. The number of nitrogens with zero attached hydrogens (tertiary/aromatic N) is 3. The molecule has 0 aliphatic carbocycles. The molecule has 3 aromatic rings. The van der Waals surface area contributed by atoms with Crippen LogP contribution in [0.1, 0.15) is 20.8 Å². The van der Waals surface area contributed by atoms with Gasteiger partial charge in [-0.2, -0.15) is 0 Å². The minimum atomic E-state index is 0.555. The highest BCUT2D eigenvalue weighted by Gasteiger charge is 2.04. The molecule has 0 aliphatic rings. The summed E-state index contributed by atoms with van der Waals surface area (Å²) in [5.74, 6) is 2.28. The smallest absolute Gasteiger partial charge is 0.227 e. The summed E-state index contributed by atoms with van der Waals surface area (Å²) in [4.78, 5) is 11.2. The van der Waals surface area contributed by atoms with Crippen LogP contribution in [0.4, 0.5) is 11.6 Å². The number of benzene rings is 2. The lowest BCUT2D eigenvalue weighted by Crippen LogP contribution is -2.27. The molecule has 1 heterocycles. The lowest BCUT2D eigenvalue weighted by atomic mass is 10.1. The van der Waals surface area contributed by atoms with Crippen LogP contribution in [0, 0.1) is 0 Å². The Morgan fingerprint density at radius 2 is 1.37 bits per heavy atom. The van der Waals surface area contributed by atoms with E-state index in [2.05, 4.69) is 34.0 Å². The molecule has 158 valence electrons. The molecule has 0 spiro atoms. The predicted octanol–water partition coefficient (Wildman–Crippen LogP) is 5.01. The highest BCUT2D eigenvalue weighted by Crippen LogP contribution is 2.23. The summed E-state index contributed by atoms with van der Waals surface area (Å²) in [6.07, 6.45) is 3.63. The molecule has 0 unspecified atom stereocenters. The largest absolute Gasteiger partial charge is 0.494 e. The van der Waals surface area contributed by atoms with E-state index in [9.17, 15) is 0 Å².